The second-order valence-electron chi connectivity index (χ2n) is 4.69. The fourth-order valence-electron chi connectivity index (χ4n) is 1.46. The van der Waals surface area contributed by atoms with Gasteiger partial charge in [-0.2, -0.15) is 8.42 Å². The van der Waals surface area contributed by atoms with Crippen molar-refractivity contribution in [3.05, 3.63) is 0 Å². The molecule has 0 aromatic carbocycles. The lowest BCUT2D eigenvalue weighted by Crippen LogP contribution is -2.12. The van der Waals surface area contributed by atoms with Gasteiger partial charge in [-0.05, 0) is 38.5 Å². The molecule has 0 amide bonds. The molecule has 0 heterocycles. The molecule has 0 unspecified atom stereocenters. The van der Waals surface area contributed by atoms with Gasteiger partial charge in [0.05, 0.1) is 13.2 Å². The Balaban J connectivity index is 3.39. The van der Waals surface area contributed by atoms with Crippen molar-refractivity contribution in [1.29, 1.82) is 0 Å². The van der Waals surface area contributed by atoms with Gasteiger partial charge in [0, 0.05) is 26.4 Å². The van der Waals surface area contributed by atoms with Gasteiger partial charge in [-0.3, -0.25) is 0 Å². The first-order valence-corrected chi connectivity index (χ1v) is 9.15. The smallest absolute Gasteiger partial charge is 0.381 e. The molecule has 0 saturated carbocycles. The Hall–Kier alpha value is -0.210. The highest BCUT2D eigenvalue weighted by Crippen LogP contribution is 2.02. The molecule has 7 heteroatoms. The van der Waals surface area contributed by atoms with Gasteiger partial charge in [-0.15, -0.1) is 0 Å². The molecule has 0 aliphatic carbocycles. The van der Waals surface area contributed by atoms with Crippen LogP contribution < -0.4 is 0 Å². The molecule has 21 heavy (non-hydrogen) atoms. The molecule has 128 valence electrons. The Bertz CT molecular complexity index is 281. The minimum absolute atomic E-state index is 0.136. The summed E-state index contributed by atoms with van der Waals surface area (Å²) in [6, 6.07) is 0. The molecular weight excluding hydrogens is 296 g/mol. The maximum absolute atomic E-state index is 11.4. The fourth-order valence-corrected chi connectivity index (χ4v) is 2.17. The predicted molar refractivity (Wildman–Crippen MR) is 81.5 cm³/mol. The first kappa shape index (κ1) is 20.8. The van der Waals surface area contributed by atoms with Crippen LogP contribution in [0.15, 0.2) is 0 Å². The van der Waals surface area contributed by atoms with E-state index in [0.29, 0.717) is 26.1 Å². The van der Waals surface area contributed by atoms with E-state index in [1.165, 1.54) is 0 Å². The normalized spacial score (nSPS) is 11.9. The van der Waals surface area contributed by atoms with E-state index in [-0.39, 0.29) is 13.2 Å². The van der Waals surface area contributed by atoms with Crippen LogP contribution in [0.5, 0.6) is 0 Å². The van der Waals surface area contributed by atoms with Crippen LogP contribution in [0.3, 0.4) is 0 Å². The van der Waals surface area contributed by atoms with Crippen molar-refractivity contribution >= 4 is 10.4 Å². The predicted octanol–water partition coefficient (Wildman–Crippen LogP) is 2.68. The van der Waals surface area contributed by atoms with Crippen LogP contribution in [0.2, 0.25) is 0 Å². The Morgan fingerprint density at radius 2 is 1.00 bits per heavy atom. The van der Waals surface area contributed by atoms with Crippen molar-refractivity contribution in [2.75, 3.05) is 39.6 Å². The Kier molecular flexibility index (Phi) is 14.6. The van der Waals surface area contributed by atoms with Gasteiger partial charge >= 0.3 is 10.4 Å². The lowest BCUT2D eigenvalue weighted by atomic mass is 10.3. The number of ether oxygens (including phenoxy) is 2. The summed E-state index contributed by atoms with van der Waals surface area (Å²) in [5.74, 6) is 0. The molecular formula is C14H30O6S. The summed E-state index contributed by atoms with van der Waals surface area (Å²) in [5.41, 5.74) is 0. The summed E-state index contributed by atoms with van der Waals surface area (Å²) >= 11 is 0. The molecule has 0 atom stereocenters. The molecule has 0 aliphatic heterocycles. The van der Waals surface area contributed by atoms with Crippen molar-refractivity contribution in [3.63, 3.8) is 0 Å². The van der Waals surface area contributed by atoms with Crippen LogP contribution in [0.4, 0.5) is 0 Å². The van der Waals surface area contributed by atoms with Crippen LogP contribution in [-0.4, -0.2) is 48.1 Å². The summed E-state index contributed by atoms with van der Waals surface area (Å²) in [4.78, 5) is 0. The summed E-state index contributed by atoms with van der Waals surface area (Å²) in [6.45, 7) is 7.11. The first-order valence-electron chi connectivity index (χ1n) is 7.81. The van der Waals surface area contributed by atoms with Crippen molar-refractivity contribution in [1.82, 2.24) is 0 Å². The molecule has 6 nitrogen and oxygen atoms in total. The van der Waals surface area contributed by atoms with E-state index < -0.39 is 10.4 Å². The highest BCUT2D eigenvalue weighted by molar-refractivity contribution is 7.81. The van der Waals surface area contributed by atoms with E-state index in [9.17, 15) is 8.42 Å². The monoisotopic (exact) mass is 326 g/mol. The minimum Gasteiger partial charge on any atom is -0.381 e. The van der Waals surface area contributed by atoms with Gasteiger partial charge in [0.15, 0.2) is 0 Å². The number of hydrogen-bond donors (Lipinski definition) is 0. The lowest BCUT2D eigenvalue weighted by molar-refractivity contribution is 0.122. The van der Waals surface area contributed by atoms with Gasteiger partial charge in [0.1, 0.15) is 0 Å². The third kappa shape index (κ3) is 16.0. The van der Waals surface area contributed by atoms with Crippen molar-refractivity contribution in [2.24, 2.45) is 0 Å². The third-order valence-corrected chi connectivity index (χ3v) is 3.43. The number of unbranched alkanes of at least 4 members (excludes halogenated alkanes) is 2. The zero-order chi connectivity index (χ0) is 15.8. The van der Waals surface area contributed by atoms with E-state index in [1.54, 1.807) is 0 Å². The molecule has 0 radical (unpaired) electrons. The summed E-state index contributed by atoms with van der Waals surface area (Å²) < 4.78 is 42.8. The molecule has 0 rings (SSSR count). The third-order valence-electron chi connectivity index (χ3n) is 2.52. The van der Waals surface area contributed by atoms with Crippen LogP contribution >= 0.6 is 0 Å². The molecule has 0 saturated heterocycles. The molecule has 0 aromatic heterocycles. The summed E-state index contributed by atoms with van der Waals surface area (Å²) in [7, 11) is -3.86. The summed E-state index contributed by atoms with van der Waals surface area (Å²) in [5, 5.41) is 0. The lowest BCUT2D eigenvalue weighted by Gasteiger charge is -2.06. The SMILES string of the molecule is CCCOCCCCOS(=O)(=O)OCCCCOCCC. The van der Waals surface area contributed by atoms with Crippen LogP contribution in [-0.2, 0) is 28.2 Å². The van der Waals surface area contributed by atoms with Crippen molar-refractivity contribution in [2.45, 2.75) is 52.4 Å². The molecule has 0 aromatic rings. The standard InChI is InChI=1S/C14H30O6S/c1-3-9-17-11-5-7-13-19-21(15,16)20-14-8-6-12-18-10-4-2/h3-14H2,1-2H3. The topological polar surface area (TPSA) is 71.1 Å². The van der Waals surface area contributed by atoms with Gasteiger partial charge in [-0.25, -0.2) is 8.37 Å². The molecule has 0 N–H and O–H groups in total. The van der Waals surface area contributed by atoms with E-state index in [4.69, 9.17) is 17.8 Å². The molecule has 0 spiro atoms. The second kappa shape index (κ2) is 14.7. The van der Waals surface area contributed by atoms with Crippen molar-refractivity contribution in [3.8, 4) is 0 Å². The van der Waals surface area contributed by atoms with Gasteiger partial charge < -0.3 is 9.47 Å². The number of hydrogen-bond acceptors (Lipinski definition) is 6. The number of rotatable bonds is 16. The zero-order valence-electron chi connectivity index (χ0n) is 13.3. The highest BCUT2D eigenvalue weighted by Gasteiger charge is 2.10. The van der Waals surface area contributed by atoms with Crippen LogP contribution in [0.1, 0.15) is 52.4 Å². The summed E-state index contributed by atoms with van der Waals surface area (Å²) in [6.07, 6.45) is 4.81. The van der Waals surface area contributed by atoms with Gasteiger partial charge in [0.2, 0.25) is 0 Å². The van der Waals surface area contributed by atoms with Gasteiger partial charge in [0.25, 0.3) is 0 Å². The van der Waals surface area contributed by atoms with E-state index in [1.807, 2.05) is 13.8 Å². The van der Waals surface area contributed by atoms with E-state index >= 15 is 0 Å². The first-order chi connectivity index (χ1) is 10.1. The molecule has 0 bridgehead atoms. The quantitative estimate of drug-likeness (QED) is 0.406. The van der Waals surface area contributed by atoms with Crippen LogP contribution in [0, 0.1) is 0 Å². The average molecular weight is 326 g/mol. The van der Waals surface area contributed by atoms with Gasteiger partial charge in [-0.1, -0.05) is 13.8 Å². The molecule has 0 aliphatic rings. The maximum Gasteiger partial charge on any atom is 0.399 e. The van der Waals surface area contributed by atoms with Crippen molar-refractivity contribution < 1.29 is 26.3 Å². The molecule has 0 fully saturated rings. The Labute approximate surface area is 129 Å². The average Bonchev–Trinajstić information content (AvgIpc) is 2.45. The zero-order valence-corrected chi connectivity index (χ0v) is 14.2. The largest absolute Gasteiger partial charge is 0.399 e. The highest BCUT2D eigenvalue weighted by atomic mass is 32.3. The maximum atomic E-state index is 11.4. The minimum atomic E-state index is -3.86. The van der Waals surface area contributed by atoms with E-state index in [0.717, 1.165) is 38.9 Å². The second-order valence-corrected chi connectivity index (χ2v) is 5.98. The Morgan fingerprint density at radius 1 is 0.619 bits per heavy atom. The fraction of sp³-hybridized carbons (Fsp3) is 1.00. The van der Waals surface area contributed by atoms with Crippen LogP contribution in [0.25, 0.3) is 0 Å². The van der Waals surface area contributed by atoms with E-state index in [2.05, 4.69) is 0 Å². The Morgan fingerprint density at radius 3 is 1.38 bits per heavy atom.